The Morgan fingerprint density at radius 3 is 2.54 bits per heavy atom. The average molecular weight is 515 g/mol. The summed E-state index contributed by atoms with van der Waals surface area (Å²) in [5, 5.41) is 7.96. The maximum atomic E-state index is 4.60. The second-order valence-electron chi connectivity index (χ2n) is 6.44. The Morgan fingerprint density at radius 2 is 1.89 bits per heavy atom. The maximum Gasteiger partial charge on any atom is 0.205 e. The van der Waals surface area contributed by atoms with Gasteiger partial charge >= 0.3 is 0 Å². The van der Waals surface area contributed by atoms with Crippen molar-refractivity contribution in [2.24, 2.45) is 4.99 Å². The SMILES string of the molecule is CCc1nsc(N2CCN(C(=NC)NCCCNc3ccccc3)CC2)n1.I. The van der Waals surface area contributed by atoms with Gasteiger partial charge in [0.15, 0.2) is 5.96 Å². The Hall–Kier alpha value is -1.62. The first-order chi connectivity index (χ1) is 13.3. The molecule has 1 aliphatic heterocycles. The van der Waals surface area contributed by atoms with E-state index < -0.39 is 0 Å². The molecule has 3 rings (SSSR count). The molecule has 1 aromatic carbocycles. The smallest absolute Gasteiger partial charge is 0.205 e. The van der Waals surface area contributed by atoms with Crippen molar-refractivity contribution in [1.29, 1.82) is 0 Å². The van der Waals surface area contributed by atoms with Crippen molar-refractivity contribution in [3.63, 3.8) is 0 Å². The van der Waals surface area contributed by atoms with Crippen LogP contribution < -0.4 is 15.5 Å². The van der Waals surface area contributed by atoms with Gasteiger partial charge in [0, 0.05) is 70.0 Å². The lowest BCUT2D eigenvalue weighted by molar-refractivity contribution is 0.372. The van der Waals surface area contributed by atoms with Gasteiger partial charge in [-0.2, -0.15) is 4.37 Å². The molecular formula is C19H30IN7S. The number of aryl methyl sites for hydroxylation is 1. The van der Waals surface area contributed by atoms with Gasteiger partial charge in [-0.25, -0.2) is 4.98 Å². The van der Waals surface area contributed by atoms with Crippen LogP contribution in [-0.2, 0) is 6.42 Å². The Bertz CT molecular complexity index is 714. The minimum Gasteiger partial charge on any atom is -0.385 e. The van der Waals surface area contributed by atoms with Gasteiger partial charge in [-0.15, -0.1) is 24.0 Å². The molecule has 0 radical (unpaired) electrons. The molecule has 28 heavy (non-hydrogen) atoms. The highest BCUT2D eigenvalue weighted by Crippen LogP contribution is 2.19. The van der Waals surface area contributed by atoms with Gasteiger partial charge in [0.25, 0.3) is 0 Å². The molecule has 1 saturated heterocycles. The number of piperazine rings is 1. The number of hydrogen-bond donors (Lipinski definition) is 2. The first-order valence-corrected chi connectivity index (χ1v) is 10.4. The van der Waals surface area contributed by atoms with Crippen LogP contribution in [0, 0.1) is 0 Å². The largest absolute Gasteiger partial charge is 0.385 e. The third kappa shape index (κ3) is 6.47. The number of hydrogen-bond acceptors (Lipinski definition) is 6. The van der Waals surface area contributed by atoms with Crippen LogP contribution in [-0.4, -0.2) is 66.5 Å². The molecular weight excluding hydrogens is 485 g/mol. The second kappa shape index (κ2) is 12.1. The Balaban J connectivity index is 0.00000280. The number of nitrogens with one attached hydrogen (secondary N) is 2. The molecule has 2 heterocycles. The fourth-order valence-electron chi connectivity index (χ4n) is 3.04. The molecule has 0 saturated carbocycles. The first kappa shape index (κ1) is 22.7. The van der Waals surface area contributed by atoms with Crippen molar-refractivity contribution in [1.82, 2.24) is 19.6 Å². The minimum atomic E-state index is 0. The molecule has 9 heteroatoms. The fourth-order valence-corrected chi connectivity index (χ4v) is 3.84. The number of aliphatic imine (C=N–C) groups is 1. The lowest BCUT2D eigenvalue weighted by Gasteiger charge is -2.36. The van der Waals surface area contributed by atoms with E-state index in [1.165, 1.54) is 17.2 Å². The van der Waals surface area contributed by atoms with Crippen LogP contribution in [0.1, 0.15) is 19.2 Å². The van der Waals surface area contributed by atoms with Crippen molar-refractivity contribution in [2.75, 3.05) is 56.5 Å². The van der Waals surface area contributed by atoms with Gasteiger partial charge in [0.05, 0.1) is 0 Å². The lowest BCUT2D eigenvalue weighted by Crippen LogP contribution is -2.52. The fraction of sp³-hybridized carbons (Fsp3) is 0.526. The number of guanidine groups is 1. The zero-order valence-electron chi connectivity index (χ0n) is 16.6. The number of halogens is 1. The summed E-state index contributed by atoms with van der Waals surface area (Å²) in [6.45, 7) is 7.74. The van der Waals surface area contributed by atoms with E-state index in [4.69, 9.17) is 0 Å². The highest BCUT2D eigenvalue weighted by molar-refractivity contribution is 14.0. The van der Waals surface area contributed by atoms with Gasteiger partial charge in [-0.05, 0) is 18.6 Å². The van der Waals surface area contributed by atoms with E-state index >= 15 is 0 Å². The van der Waals surface area contributed by atoms with Gasteiger partial charge in [-0.3, -0.25) is 4.99 Å². The van der Waals surface area contributed by atoms with Crippen LogP contribution in [0.25, 0.3) is 0 Å². The molecule has 1 aromatic heterocycles. The quantitative estimate of drug-likeness (QED) is 0.256. The third-order valence-electron chi connectivity index (χ3n) is 4.57. The van der Waals surface area contributed by atoms with Crippen LogP contribution in [0.2, 0.25) is 0 Å². The lowest BCUT2D eigenvalue weighted by atomic mass is 10.3. The predicted molar refractivity (Wildman–Crippen MR) is 129 cm³/mol. The van der Waals surface area contributed by atoms with Crippen LogP contribution in [0.5, 0.6) is 0 Å². The highest BCUT2D eigenvalue weighted by Gasteiger charge is 2.21. The molecule has 0 spiro atoms. The van der Waals surface area contributed by atoms with E-state index in [1.807, 2.05) is 25.2 Å². The summed E-state index contributed by atoms with van der Waals surface area (Å²) >= 11 is 1.51. The van der Waals surface area contributed by atoms with Crippen molar-refractivity contribution in [2.45, 2.75) is 19.8 Å². The molecule has 2 aromatic rings. The van der Waals surface area contributed by atoms with Crippen LogP contribution >= 0.6 is 35.5 Å². The number of anilines is 2. The van der Waals surface area contributed by atoms with Crippen LogP contribution in [0.4, 0.5) is 10.8 Å². The summed E-state index contributed by atoms with van der Waals surface area (Å²) in [5.41, 5.74) is 1.17. The molecule has 0 bridgehead atoms. The normalized spacial score (nSPS) is 14.6. The summed E-state index contributed by atoms with van der Waals surface area (Å²) in [6, 6.07) is 10.3. The van der Waals surface area contributed by atoms with Gasteiger partial charge in [0.1, 0.15) is 5.82 Å². The highest BCUT2D eigenvalue weighted by atomic mass is 127. The van der Waals surface area contributed by atoms with Crippen molar-refractivity contribution in [3.05, 3.63) is 36.2 Å². The molecule has 1 fully saturated rings. The Labute approximate surface area is 188 Å². The summed E-state index contributed by atoms with van der Waals surface area (Å²) in [4.78, 5) is 13.7. The second-order valence-corrected chi connectivity index (χ2v) is 7.17. The number of para-hydroxylation sites is 1. The Kier molecular flexibility index (Phi) is 9.76. The summed E-state index contributed by atoms with van der Waals surface area (Å²) < 4.78 is 4.39. The van der Waals surface area contributed by atoms with E-state index in [-0.39, 0.29) is 24.0 Å². The molecule has 2 N–H and O–H groups in total. The zero-order valence-corrected chi connectivity index (χ0v) is 19.7. The van der Waals surface area contributed by atoms with Gasteiger partial charge < -0.3 is 20.4 Å². The van der Waals surface area contributed by atoms with Gasteiger partial charge in [0.2, 0.25) is 5.13 Å². The molecule has 0 amide bonds. The van der Waals surface area contributed by atoms with E-state index in [0.717, 1.165) is 69.0 Å². The zero-order chi connectivity index (χ0) is 18.9. The number of benzene rings is 1. The topological polar surface area (TPSA) is 68.7 Å². The summed E-state index contributed by atoms with van der Waals surface area (Å²) in [6.07, 6.45) is 1.94. The monoisotopic (exact) mass is 515 g/mol. The minimum absolute atomic E-state index is 0. The van der Waals surface area contributed by atoms with E-state index in [2.05, 4.69) is 53.8 Å². The summed E-state index contributed by atoms with van der Waals surface area (Å²) in [7, 11) is 1.86. The summed E-state index contributed by atoms with van der Waals surface area (Å²) in [5.74, 6) is 1.93. The molecule has 0 atom stereocenters. The average Bonchev–Trinajstić information content (AvgIpc) is 3.21. The van der Waals surface area contributed by atoms with Crippen molar-refractivity contribution < 1.29 is 0 Å². The van der Waals surface area contributed by atoms with Gasteiger partial charge in [-0.1, -0.05) is 25.1 Å². The molecule has 7 nitrogen and oxygen atoms in total. The molecule has 0 unspecified atom stereocenters. The van der Waals surface area contributed by atoms with E-state index in [9.17, 15) is 0 Å². The van der Waals surface area contributed by atoms with Crippen molar-refractivity contribution in [3.8, 4) is 0 Å². The van der Waals surface area contributed by atoms with E-state index in [1.54, 1.807) is 0 Å². The maximum absolute atomic E-state index is 4.60. The van der Waals surface area contributed by atoms with Crippen LogP contribution in [0.3, 0.4) is 0 Å². The first-order valence-electron chi connectivity index (χ1n) is 9.62. The molecule has 1 aliphatic rings. The molecule has 0 aliphatic carbocycles. The predicted octanol–water partition coefficient (Wildman–Crippen LogP) is 2.92. The Morgan fingerprint density at radius 1 is 1.14 bits per heavy atom. The standard InChI is InChI=1S/C19H29N7S.HI/c1-3-17-23-19(27-24-17)26-14-12-25(13-15-26)18(20-2)22-11-7-10-21-16-8-5-4-6-9-16;/h4-6,8-9,21H,3,7,10-15H2,1-2H3,(H,20,22);1H. The van der Waals surface area contributed by atoms with Crippen LogP contribution in [0.15, 0.2) is 35.3 Å². The van der Waals surface area contributed by atoms with E-state index in [0.29, 0.717) is 0 Å². The van der Waals surface area contributed by atoms with Crippen molar-refractivity contribution >= 4 is 52.3 Å². The number of rotatable bonds is 7. The number of aromatic nitrogens is 2. The molecule has 154 valence electrons. The number of nitrogens with zero attached hydrogens (tertiary/aromatic N) is 5. The third-order valence-corrected chi connectivity index (χ3v) is 5.39.